The van der Waals surface area contributed by atoms with Crippen LogP contribution in [0.5, 0.6) is 0 Å². The Bertz CT molecular complexity index is 938. The molecular weight excluding hydrogens is 416 g/mol. The van der Waals surface area contributed by atoms with Gasteiger partial charge in [0.1, 0.15) is 0 Å². The van der Waals surface area contributed by atoms with Crippen LogP contribution in [0.15, 0.2) is 46.9 Å². The van der Waals surface area contributed by atoms with E-state index in [2.05, 4.69) is 92.3 Å². The first-order valence-corrected chi connectivity index (χ1v) is 10.2. The average molecular weight is 441 g/mol. The summed E-state index contributed by atoms with van der Waals surface area (Å²) in [6, 6.07) is 14.2. The predicted octanol–water partition coefficient (Wildman–Crippen LogP) is 5.58. The summed E-state index contributed by atoms with van der Waals surface area (Å²) in [7, 11) is 0. The molecule has 146 valence electrons. The number of anilines is 5. The van der Waals surface area contributed by atoms with E-state index in [0.29, 0.717) is 17.8 Å². The molecule has 0 amide bonds. The molecule has 0 spiro atoms. The molecule has 0 aliphatic carbocycles. The Kier molecular flexibility index (Phi) is 6.46. The number of nitrogens with zero attached hydrogens (tertiary/aromatic N) is 4. The number of hydrogen-bond acceptors (Lipinski definition) is 6. The molecule has 3 rings (SSSR count). The Morgan fingerprint density at radius 1 is 0.857 bits per heavy atom. The maximum absolute atomic E-state index is 4.64. The summed E-state index contributed by atoms with van der Waals surface area (Å²) < 4.78 is 1.02. The zero-order chi connectivity index (χ0) is 20.1. The Balaban J connectivity index is 1.97. The van der Waals surface area contributed by atoms with E-state index in [1.807, 2.05) is 24.3 Å². The van der Waals surface area contributed by atoms with E-state index >= 15 is 0 Å². The highest BCUT2D eigenvalue weighted by molar-refractivity contribution is 9.10. The molecule has 1 aromatic heterocycles. The van der Waals surface area contributed by atoms with Crippen molar-refractivity contribution < 1.29 is 0 Å². The van der Waals surface area contributed by atoms with Crippen LogP contribution < -0.4 is 15.5 Å². The van der Waals surface area contributed by atoms with Crippen molar-refractivity contribution >= 4 is 45.1 Å². The first-order valence-electron chi connectivity index (χ1n) is 9.36. The summed E-state index contributed by atoms with van der Waals surface area (Å²) in [6.07, 6.45) is 0. The van der Waals surface area contributed by atoms with Crippen molar-refractivity contribution in [2.75, 3.05) is 28.6 Å². The Hall–Kier alpha value is -2.67. The molecule has 0 unspecified atom stereocenters. The molecule has 7 heteroatoms. The third-order valence-electron chi connectivity index (χ3n) is 4.41. The third kappa shape index (κ3) is 4.98. The number of halogens is 1. The van der Waals surface area contributed by atoms with E-state index in [1.54, 1.807) is 0 Å². The lowest BCUT2D eigenvalue weighted by molar-refractivity contribution is 0.815. The van der Waals surface area contributed by atoms with E-state index in [0.717, 1.165) is 34.5 Å². The third-order valence-corrected chi connectivity index (χ3v) is 4.94. The second-order valence-electron chi connectivity index (χ2n) is 6.53. The van der Waals surface area contributed by atoms with Gasteiger partial charge in [0, 0.05) is 28.9 Å². The fourth-order valence-electron chi connectivity index (χ4n) is 2.78. The number of rotatable bonds is 7. The number of aryl methyl sites for hydroxylation is 2. The van der Waals surface area contributed by atoms with Crippen LogP contribution in [-0.4, -0.2) is 28.0 Å². The van der Waals surface area contributed by atoms with Crippen molar-refractivity contribution in [3.63, 3.8) is 0 Å². The lowest BCUT2D eigenvalue weighted by Crippen LogP contribution is -2.25. The van der Waals surface area contributed by atoms with Crippen LogP contribution in [0.2, 0.25) is 0 Å². The van der Waals surface area contributed by atoms with Gasteiger partial charge in [-0.15, -0.1) is 0 Å². The second kappa shape index (κ2) is 9.01. The molecule has 0 aliphatic heterocycles. The molecule has 0 bridgehead atoms. The van der Waals surface area contributed by atoms with E-state index in [4.69, 9.17) is 0 Å². The van der Waals surface area contributed by atoms with Crippen LogP contribution in [0.25, 0.3) is 0 Å². The molecule has 0 saturated heterocycles. The summed E-state index contributed by atoms with van der Waals surface area (Å²) in [5.41, 5.74) is 4.22. The van der Waals surface area contributed by atoms with Crippen LogP contribution in [-0.2, 0) is 0 Å². The van der Waals surface area contributed by atoms with Crippen LogP contribution >= 0.6 is 15.9 Å². The second-order valence-corrected chi connectivity index (χ2v) is 7.45. The van der Waals surface area contributed by atoms with Gasteiger partial charge < -0.3 is 15.5 Å². The minimum Gasteiger partial charge on any atom is -0.341 e. The molecular formula is C21H25BrN6. The Morgan fingerprint density at radius 3 is 2.14 bits per heavy atom. The van der Waals surface area contributed by atoms with Gasteiger partial charge in [0.2, 0.25) is 17.8 Å². The molecule has 2 N–H and O–H groups in total. The average Bonchev–Trinajstić information content (AvgIpc) is 2.67. The summed E-state index contributed by atoms with van der Waals surface area (Å²) in [5, 5.41) is 6.63. The van der Waals surface area contributed by atoms with Crippen molar-refractivity contribution in [2.45, 2.75) is 27.7 Å². The fraction of sp³-hybridized carbons (Fsp3) is 0.286. The molecule has 0 fully saturated rings. The van der Waals surface area contributed by atoms with E-state index in [1.165, 1.54) is 5.56 Å². The molecule has 0 saturated carbocycles. The van der Waals surface area contributed by atoms with Crippen LogP contribution in [0.4, 0.5) is 29.2 Å². The minimum atomic E-state index is 0.507. The van der Waals surface area contributed by atoms with Gasteiger partial charge in [-0.05, 0) is 69.2 Å². The van der Waals surface area contributed by atoms with Gasteiger partial charge in [-0.25, -0.2) is 0 Å². The molecule has 0 radical (unpaired) electrons. The zero-order valence-corrected chi connectivity index (χ0v) is 18.2. The van der Waals surface area contributed by atoms with Gasteiger partial charge in [-0.1, -0.05) is 28.1 Å². The first-order chi connectivity index (χ1) is 13.5. The SMILES string of the molecule is CCN(CC)c1nc(Nc2ccc(Br)cc2)nc(Nc2cc(C)ccc2C)n1. The van der Waals surface area contributed by atoms with Crippen LogP contribution in [0.3, 0.4) is 0 Å². The van der Waals surface area contributed by atoms with Crippen molar-refractivity contribution in [2.24, 2.45) is 0 Å². The highest BCUT2D eigenvalue weighted by Gasteiger charge is 2.12. The zero-order valence-electron chi connectivity index (χ0n) is 16.6. The molecule has 2 aromatic carbocycles. The number of nitrogens with one attached hydrogen (secondary N) is 2. The van der Waals surface area contributed by atoms with Gasteiger partial charge in [-0.2, -0.15) is 15.0 Å². The van der Waals surface area contributed by atoms with Crippen molar-refractivity contribution in [3.8, 4) is 0 Å². The summed E-state index contributed by atoms with van der Waals surface area (Å²) >= 11 is 3.46. The molecule has 0 atom stereocenters. The molecule has 6 nitrogen and oxygen atoms in total. The quantitative estimate of drug-likeness (QED) is 0.499. The molecule has 3 aromatic rings. The highest BCUT2D eigenvalue weighted by Crippen LogP contribution is 2.23. The maximum Gasteiger partial charge on any atom is 0.233 e. The number of aromatic nitrogens is 3. The number of hydrogen-bond donors (Lipinski definition) is 2. The lowest BCUT2D eigenvalue weighted by atomic mass is 10.1. The van der Waals surface area contributed by atoms with E-state index < -0.39 is 0 Å². The highest BCUT2D eigenvalue weighted by atomic mass is 79.9. The van der Waals surface area contributed by atoms with Crippen LogP contribution in [0.1, 0.15) is 25.0 Å². The van der Waals surface area contributed by atoms with Crippen molar-refractivity contribution in [1.82, 2.24) is 15.0 Å². The van der Waals surface area contributed by atoms with Gasteiger partial charge in [-0.3, -0.25) is 0 Å². The van der Waals surface area contributed by atoms with Crippen molar-refractivity contribution in [1.29, 1.82) is 0 Å². The minimum absolute atomic E-state index is 0.507. The lowest BCUT2D eigenvalue weighted by Gasteiger charge is -2.20. The maximum atomic E-state index is 4.64. The fourth-order valence-corrected chi connectivity index (χ4v) is 3.04. The van der Waals surface area contributed by atoms with E-state index in [-0.39, 0.29) is 0 Å². The van der Waals surface area contributed by atoms with Crippen LogP contribution in [0, 0.1) is 13.8 Å². The summed E-state index contributed by atoms with van der Waals surface area (Å²) in [4.78, 5) is 15.9. The van der Waals surface area contributed by atoms with E-state index in [9.17, 15) is 0 Å². The summed E-state index contributed by atoms with van der Waals surface area (Å²) in [6.45, 7) is 9.96. The molecule has 1 heterocycles. The van der Waals surface area contributed by atoms with Gasteiger partial charge in [0.15, 0.2) is 0 Å². The topological polar surface area (TPSA) is 66.0 Å². The monoisotopic (exact) mass is 440 g/mol. The Morgan fingerprint density at radius 2 is 1.50 bits per heavy atom. The largest absolute Gasteiger partial charge is 0.341 e. The summed E-state index contributed by atoms with van der Waals surface area (Å²) in [5.74, 6) is 1.67. The van der Waals surface area contributed by atoms with Gasteiger partial charge in [0.25, 0.3) is 0 Å². The van der Waals surface area contributed by atoms with Gasteiger partial charge >= 0.3 is 0 Å². The normalized spacial score (nSPS) is 10.6. The first kappa shape index (κ1) is 20.1. The van der Waals surface area contributed by atoms with Crippen molar-refractivity contribution in [3.05, 3.63) is 58.1 Å². The number of benzene rings is 2. The molecule has 28 heavy (non-hydrogen) atoms. The molecule has 0 aliphatic rings. The standard InChI is InChI=1S/C21H25BrN6/c1-5-28(6-2)21-26-19(23-17-11-9-16(22)10-12-17)25-20(27-21)24-18-13-14(3)7-8-15(18)4/h7-13H,5-6H2,1-4H3,(H2,23,24,25,26,27). The van der Waals surface area contributed by atoms with Gasteiger partial charge in [0.05, 0.1) is 0 Å². The predicted molar refractivity (Wildman–Crippen MR) is 120 cm³/mol. The Labute approximate surface area is 174 Å². The smallest absolute Gasteiger partial charge is 0.233 e.